The highest BCUT2D eigenvalue weighted by molar-refractivity contribution is 5.04. The van der Waals surface area contributed by atoms with E-state index in [-0.39, 0.29) is 12.1 Å². The third-order valence-electron chi connectivity index (χ3n) is 2.84. The fraction of sp³-hybridized carbons (Fsp3) is 0.667. The van der Waals surface area contributed by atoms with Crippen LogP contribution in [0.5, 0.6) is 0 Å². The van der Waals surface area contributed by atoms with Crippen LogP contribution in [-0.4, -0.2) is 25.9 Å². The number of ether oxygens (including phenoxy) is 2. The lowest BCUT2D eigenvalue weighted by atomic mass is 10.1. The van der Waals surface area contributed by atoms with Crippen LogP contribution in [0.25, 0.3) is 0 Å². The van der Waals surface area contributed by atoms with Crippen molar-refractivity contribution in [2.75, 3.05) is 19.8 Å². The van der Waals surface area contributed by atoms with Gasteiger partial charge >= 0.3 is 0 Å². The van der Waals surface area contributed by atoms with E-state index in [9.17, 15) is 0 Å². The molecule has 0 bridgehead atoms. The molecule has 3 atom stereocenters. The Morgan fingerprint density at radius 2 is 2.50 bits per heavy atom. The van der Waals surface area contributed by atoms with Crippen molar-refractivity contribution in [1.82, 2.24) is 0 Å². The molecule has 0 saturated carbocycles. The molecule has 0 spiro atoms. The van der Waals surface area contributed by atoms with Crippen molar-refractivity contribution in [3.05, 3.63) is 24.2 Å². The molecule has 3 unspecified atom stereocenters. The Hall–Kier alpha value is -0.840. The monoisotopic (exact) mass is 225 g/mol. The maximum atomic E-state index is 5.90. The number of rotatable bonds is 5. The summed E-state index contributed by atoms with van der Waals surface area (Å²) in [4.78, 5) is 0. The minimum Gasteiger partial charge on any atom is -0.467 e. The van der Waals surface area contributed by atoms with Crippen LogP contribution in [0.15, 0.2) is 22.8 Å². The van der Waals surface area contributed by atoms with E-state index in [1.54, 1.807) is 6.26 Å². The average molecular weight is 225 g/mol. The quantitative estimate of drug-likeness (QED) is 0.829. The molecule has 1 saturated heterocycles. The molecule has 4 heteroatoms. The van der Waals surface area contributed by atoms with E-state index in [1.165, 1.54) is 0 Å². The first-order valence-electron chi connectivity index (χ1n) is 5.75. The van der Waals surface area contributed by atoms with Gasteiger partial charge in [0.2, 0.25) is 0 Å². The Kier molecular flexibility index (Phi) is 3.98. The zero-order chi connectivity index (χ0) is 11.4. The van der Waals surface area contributed by atoms with Gasteiger partial charge in [0.05, 0.1) is 19.5 Å². The summed E-state index contributed by atoms with van der Waals surface area (Å²) in [7, 11) is 0. The second kappa shape index (κ2) is 5.48. The van der Waals surface area contributed by atoms with Gasteiger partial charge in [-0.1, -0.05) is 0 Å². The van der Waals surface area contributed by atoms with Gasteiger partial charge in [-0.3, -0.25) is 0 Å². The summed E-state index contributed by atoms with van der Waals surface area (Å²) in [6, 6.07) is 3.68. The van der Waals surface area contributed by atoms with Crippen LogP contribution in [0.2, 0.25) is 0 Å². The lowest BCUT2D eigenvalue weighted by molar-refractivity contribution is 0.00144. The largest absolute Gasteiger partial charge is 0.467 e. The highest BCUT2D eigenvalue weighted by Crippen LogP contribution is 2.23. The van der Waals surface area contributed by atoms with Crippen LogP contribution in [0.4, 0.5) is 0 Å². The highest BCUT2D eigenvalue weighted by Gasteiger charge is 2.23. The molecule has 0 aromatic carbocycles. The molecule has 0 amide bonds. The fourth-order valence-electron chi connectivity index (χ4n) is 1.90. The molecule has 1 fully saturated rings. The zero-order valence-electron chi connectivity index (χ0n) is 9.59. The van der Waals surface area contributed by atoms with Crippen molar-refractivity contribution in [2.24, 2.45) is 11.7 Å². The van der Waals surface area contributed by atoms with Crippen molar-refractivity contribution in [3.63, 3.8) is 0 Å². The number of furan rings is 1. The first-order valence-corrected chi connectivity index (χ1v) is 5.75. The number of hydrogen-bond donors (Lipinski definition) is 1. The van der Waals surface area contributed by atoms with E-state index < -0.39 is 0 Å². The van der Waals surface area contributed by atoms with Crippen molar-refractivity contribution in [2.45, 2.75) is 25.5 Å². The Labute approximate surface area is 95.7 Å². The minimum atomic E-state index is -0.157. The summed E-state index contributed by atoms with van der Waals surface area (Å²) in [5.41, 5.74) is 5.90. The van der Waals surface area contributed by atoms with E-state index >= 15 is 0 Å². The molecule has 2 N–H and O–H groups in total. The van der Waals surface area contributed by atoms with Crippen LogP contribution >= 0.6 is 0 Å². The molecule has 16 heavy (non-hydrogen) atoms. The molecule has 1 aliphatic rings. The summed E-state index contributed by atoms with van der Waals surface area (Å²) in [5.74, 6) is 1.30. The van der Waals surface area contributed by atoms with Crippen molar-refractivity contribution in [3.8, 4) is 0 Å². The smallest absolute Gasteiger partial charge is 0.134 e. The molecule has 2 heterocycles. The molecule has 4 nitrogen and oxygen atoms in total. The fourth-order valence-corrected chi connectivity index (χ4v) is 1.90. The van der Waals surface area contributed by atoms with Crippen LogP contribution in [-0.2, 0) is 9.47 Å². The molecule has 2 rings (SSSR count). The normalized spacial score (nSPS) is 24.5. The van der Waals surface area contributed by atoms with Gasteiger partial charge in [0, 0.05) is 18.6 Å². The van der Waals surface area contributed by atoms with Gasteiger partial charge in [-0.05, 0) is 25.5 Å². The van der Waals surface area contributed by atoms with E-state index in [0.717, 1.165) is 25.4 Å². The standard InChI is InChI=1S/C12H19NO3/c1-9(13)12(11-3-2-5-15-11)16-8-10-4-6-14-7-10/h2-3,5,9-10,12H,4,6-8,13H2,1H3. The predicted octanol–water partition coefficient (Wildman–Crippen LogP) is 1.72. The van der Waals surface area contributed by atoms with Crippen LogP contribution in [0.3, 0.4) is 0 Å². The van der Waals surface area contributed by atoms with Crippen LogP contribution in [0.1, 0.15) is 25.2 Å². The predicted molar refractivity (Wildman–Crippen MR) is 60.0 cm³/mol. The third kappa shape index (κ3) is 2.84. The van der Waals surface area contributed by atoms with E-state index in [4.69, 9.17) is 19.6 Å². The second-order valence-corrected chi connectivity index (χ2v) is 4.36. The SMILES string of the molecule is CC(N)C(OCC1CCOC1)c1ccco1. The van der Waals surface area contributed by atoms with Gasteiger partial charge in [-0.15, -0.1) is 0 Å². The van der Waals surface area contributed by atoms with Crippen LogP contribution in [0, 0.1) is 5.92 Å². The van der Waals surface area contributed by atoms with Gasteiger partial charge in [-0.25, -0.2) is 0 Å². The molecule has 0 radical (unpaired) electrons. The molecular formula is C12H19NO3. The van der Waals surface area contributed by atoms with E-state index in [0.29, 0.717) is 12.5 Å². The first-order chi connectivity index (χ1) is 7.77. The zero-order valence-corrected chi connectivity index (χ0v) is 9.59. The van der Waals surface area contributed by atoms with Gasteiger partial charge < -0.3 is 19.6 Å². The summed E-state index contributed by atoms with van der Waals surface area (Å²) in [5, 5.41) is 0. The molecule has 1 aliphatic heterocycles. The Morgan fingerprint density at radius 3 is 3.06 bits per heavy atom. The summed E-state index contributed by atoms with van der Waals surface area (Å²) < 4.78 is 16.5. The molecule has 1 aromatic heterocycles. The third-order valence-corrected chi connectivity index (χ3v) is 2.84. The van der Waals surface area contributed by atoms with Crippen molar-refractivity contribution >= 4 is 0 Å². The van der Waals surface area contributed by atoms with E-state index in [2.05, 4.69) is 0 Å². The lowest BCUT2D eigenvalue weighted by Crippen LogP contribution is -2.28. The number of nitrogens with two attached hydrogens (primary N) is 1. The Bertz CT molecular complexity index is 291. The first kappa shape index (κ1) is 11.6. The van der Waals surface area contributed by atoms with Crippen molar-refractivity contribution in [1.29, 1.82) is 0 Å². The highest BCUT2D eigenvalue weighted by atomic mass is 16.5. The Balaban J connectivity index is 1.88. The Morgan fingerprint density at radius 1 is 1.62 bits per heavy atom. The van der Waals surface area contributed by atoms with Gasteiger partial charge in [0.25, 0.3) is 0 Å². The van der Waals surface area contributed by atoms with Crippen molar-refractivity contribution < 1.29 is 13.9 Å². The summed E-state index contributed by atoms with van der Waals surface area (Å²) >= 11 is 0. The van der Waals surface area contributed by atoms with Gasteiger partial charge in [0.15, 0.2) is 0 Å². The lowest BCUT2D eigenvalue weighted by Gasteiger charge is -2.20. The molecule has 0 aliphatic carbocycles. The molecule has 1 aromatic rings. The van der Waals surface area contributed by atoms with Gasteiger partial charge in [-0.2, -0.15) is 0 Å². The summed E-state index contributed by atoms with van der Waals surface area (Å²) in [6.07, 6.45) is 2.56. The average Bonchev–Trinajstić information content (AvgIpc) is 2.88. The second-order valence-electron chi connectivity index (χ2n) is 4.36. The topological polar surface area (TPSA) is 57.6 Å². The molecule has 90 valence electrons. The van der Waals surface area contributed by atoms with E-state index in [1.807, 2.05) is 19.1 Å². The van der Waals surface area contributed by atoms with Crippen LogP contribution < -0.4 is 5.73 Å². The number of hydrogen-bond acceptors (Lipinski definition) is 4. The maximum absolute atomic E-state index is 5.90. The summed E-state index contributed by atoms with van der Waals surface area (Å²) in [6.45, 7) is 4.26. The molecular weight excluding hydrogens is 206 g/mol. The minimum absolute atomic E-state index is 0.0755. The van der Waals surface area contributed by atoms with Gasteiger partial charge in [0.1, 0.15) is 11.9 Å². The maximum Gasteiger partial charge on any atom is 0.134 e.